The Balaban J connectivity index is 1.59. The zero-order valence-corrected chi connectivity index (χ0v) is 19.7. The second kappa shape index (κ2) is 9.99. The fraction of sp³-hybridized carbons (Fsp3) is 0.346. The standard InChI is InChI=1S/C26H31N5O3/c1-3-5-15-31-23(27)22(24(32)28-26(31)34)30(4-2)25(33)19-10-12-21(13-11-19)29-16-14-18-8-6-7-9-20(18)17-29/h6-13H,3-5,14-17,27H2,1-2H3,(H,28,32,34). The summed E-state index contributed by atoms with van der Waals surface area (Å²) in [5.74, 6) is -0.322. The monoisotopic (exact) mass is 461 g/mol. The largest absolute Gasteiger partial charge is 0.383 e. The lowest BCUT2D eigenvalue weighted by atomic mass is 9.99. The van der Waals surface area contributed by atoms with Crippen LogP contribution in [0.25, 0.3) is 0 Å². The van der Waals surface area contributed by atoms with E-state index in [1.807, 2.05) is 19.1 Å². The van der Waals surface area contributed by atoms with Crippen LogP contribution in [0.2, 0.25) is 0 Å². The predicted molar refractivity (Wildman–Crippen MR) is 136 cm³/mol. The van der Waals surface area contributed by atoms with Crippen LogP contribution in [0, 0.1) is 0 Å². The Kier molecular flexibility index (Phi) is 6.86. The number of aromatic nitrogens is 2. The number of hydrogen-bond donors (Lipinski definition) is 2. The van der Waals surface area contributed by atoms with Gasteiger partial charge in [-0.3, -0.25) is 19.1 Å². The molecular formula is C26H31N5O3. The predicted octanol–water partition coefficient (Wildman–Crippen LogP) is 3.15. The van der Waals surface area contributed by atoms with Crippen molar-refractivity contribution in [3.8, 4) is 0 Å². The molecule has 178 valence electrons. The summed E-state index contributed by atoms with van der Waals surface area (Å²) in [5.41, 5.74) is 9.21. The Hall–Kier alpha value is -3.81. The molecule has 0 saturated heterocycles. The molecule has 3 N–H and O–H groups in total. The summed E-state index contributed by atoms with van der Waals surface area (Å²) in [7, 11) is 0. The summed E-state index contributed by atoms with van der Waals surface area (Å²) in [5, 5.41) is 0. The van der Waals surface area contributed by atoms with Crippen molar-refractivity contribution in [3.63, 3.8) is 0 Å². The van der Waals surface area contributed by atoms with Crippen molar-refractivity contribution in [3.05, 3.63) is 86.1 Å². The number of aromatic amines is 1. The van der Waals surface area contributed by atoms with E-state index in [2.05, 4.69) is 34.1 Å². The van der Waals surface area contributed by atoms with Gasteiger partial charge in [-0.25, -0.2) is 4.79 Å². The van der Waals surface area contributed by atoms with Crippen molar-refractivity contribution in [2.75, 3.05) is 28.6 Å². The summed E-state index contributed by atoms with van der Waals surface area (Å²) in [6.07, 6.45) is 2.58. The first kappa shape index (κ1) is 23.4. The molecule has 1 amide bonds. The van der Waals surface area contributed by atoms with Gasteiger partial charge in [-0.1, -0.05) is 37.6 Å². The third-order valence-electron chi connectivity index (χ3n) is 6.39. The summed E-state index contributed by atoms with van der Waals surface area (Å²) in [6.45, 7) is 6.14. The number of nitrogen functional groups attached to an aromatic ring is 1. The molecule has 8 heteroatoms. The van der Waals surface area contributed by atoms with Gasteiger partial charge in [-0.2, -0.15) is 0 Å². The minimum atomic E-state index is -0.658. The van der Waals surface area contributed by atoms with Crippen molar-refractivity contribution < 1.29 is 4.79 Å². The normalized spacial score (nSPS) is 12.9. The number of fused-ring (bicyclic) bond motifs is 1. The van der Waals surface area contributed by atoms with Crippen molar-refractivity contribution in [2.45, 2.75) is 46.2 Å². The van der Waals surface area contributed by atoms with Crippen LogP contribution in [0.15, 0.2) is 58.1 Å². The highest BCUT2D eigenvalue weighted by Crippen LogP contribution is 2.26. The number of unbranched alkanes of at least 4 members (excludes halogenated alkanes) is 1. The van der Waals surface area contributed by atoms with Gasteiger partial charge in [-0.15, -0.1) is 0 Å². The molecule has 2 aromatic carbocycles. The van der Waals surface area contributed by atoms with Gasteiger partial charge < -0.3 is 15.5 Å². The van der Waals surface area contributed by atoms with E-state index in [4.69, 9.17) is 5.73 Å². The van der Waals surface area contributed by atoms with E-state index in [1.165, 1.54) is 20.6 Å². The summed E-state index contributed by atoms with van der Waals surface area (Å²) in [4.78, 5) is 44.2. The fourth-order valence-electron chi connectivity index (χ4n) is 4.47. The number of anilines is 3. The maximum absolute atomic E-state index is 13.4. The van der Waals surface area contributed by atoms with E-state index in [0.29, 0.717) is 12.1 Å². The minimum Gasteiger partial charge on any atom is -0.383 e. The zero-order chi connectivity index (χ0) is 24.2. The number of nitrogens with two attached hydrogens (primary N) is 1. The highest BCUT2D eigenvalue weighted by atomic mass is 16.2. The van der Waals surface area contributed by atoms with E-state index in [1.54, 1.807) is 19.1 Å². The van der Waals surface area contributed by atoms with Gasteiger partial charge in [0, 0.05) is 37.4 Å². The second-order valence-electron chi connectivity index (χ2n) is 8.53. The molecule has 0 radical (unpaired) electrons. The quantitative estimate of drug-likeness (QED) is 0.562. The van der Waals surface area contributed by atoms with E-state index in [0.717, 1.165) is 38.0 Å². The average Bonchev–Trinajstić information content (AvgIpc) is 2.85. The smallest absolute Gasteiger partial charge is 0.330 e. The topological polar surface area (TPSA) is 104 Å². The molecule has 2 heterocycles. The van der Waals surface area contributed by atoms with Gasteiger partial charge >= 0.3 is 5.69 Å². The number of nitrogens with zero attached hydrogens (tertiary/aromatic N) is 3. The highest BCUT2D eigenvalue weighted by molar-refractivity contribution is 6.07. The number of nitrogens with one attached hydrogen (secondary N) is 1. The lowest BCUT2D eigenvalue weighted by molar-refractivity contribution is 0.0988. The van der Waals surface area contributed by atoms with Crippen LogP contribution in [0.3, 0.4) is 0 Å². The van der Waals surface area contributed by atoms with Crippen LogP contribution in [0.1, 0.15) is 48.2 Å². The molecule has 3 aromatic rings. The molecule has 0 atom stereocenters. The zero-order valence-electron chi connectivity index (χ0n) is 19.7. The first-order valence-corrected chi connectivity index (χ1v) is 11.8. The van der Waals surface area contributed by atoms with E-state index < -0.39 is 11.2 Å². The number of carbonyl (C=O) groups is 1. The molecule has 0 saturated carbocycles. The van der Waals surface area contributed by atoms with E-state index in [9.17, 15) is 14.4 Å². The number of carbonyl (C=O) groups excluding carboxylic acids is 1. The Labute approximate surface area is 198 Å². The molecule has 0 unspecified atom stereocenters. The van der Waals surface area contributed by atoms with Gasteiger partial charge in [0.1, 0.15) is 5.82 Å². The molecular weight excluding hydrogens is 430 g/mol. The maximum Gasteiger partial charge on any atom is 0.330 e. The average molecular weight is 462 g/mol. The Morgan fingerprint density at radius 3 is 2.44 bits per heavy atom. The van der Waals surface area contributed by atoms with Crippen molar-refractivity contribution in [2.24, 2.45) is 0 Å². The second-order valence-corrected chi connectivity index (χ2v) is 8.53. The van der Waals surface area contributed by atoms with Crippen LogP contribution in [0.4, 0.5) is 17.2 Å². The summed E-state index contributed by atoms with van der Waals surface area (Å²) in [6, 6.07) is 15.9. The SMILES string of the molecule is CCCCn1c(N)c(N(CC)C(=O)c2ccc(N3CCc4ccccc4C3)cc2)c(=O)[nH]c1=O. The molecule has 4 rings (SSSR count). The fourth-order valence-corrected chi connectivity index (χ4v) is 4.47. The Bertz CT molecular complexity index is 1290. The van der Waals surface area contributed by atoms with Crippen LogP contribution >= 0.6 is 0 Å². The Morgan fingerprint density at radius 2 is 1.76 bits per heavy atom. The van der Waals surface area contributed by atoms with Crippen molar-refractivity contribution in [1.29, 1.82) is 0 Å². The molecule has 0 spiro atoms. The van der Waals surface area contributed by atoms with Gasteiger partial charge in [0.15, 0.2) is 5.69 Å². The third-order valence-corrected chi connectivity index (χ3v) is 6.39. The summed E-state index contributed by atoms with van der Waals surface area (Å²) >= 11 is 0. The lowest BCUT2D eigenvalue weighted by Gasteiger charge is -2.31. The Morgan fingerprint density at radius 1 is 1.06 bits per heavy atom. The van der Waals surface area contributed by atoms with Crippen LogP contribution in [-0.2, 0) is 19.5 Å². The molecule has 1 aliphatic rings. The molecule has 34 heavy (non-hydrogen) atoms. The summed E-state index contributed by atoms with van der Waals surface area (Å²) < 4.78 is 1.33. The number of H-pyrrole nitrogens is 1. The van der Waals surface area contributed by atoms with E-state index in [-0.39, 0.29) is 24.0 Å². The van der Waals surface area contributed by atoms with Crippen LogP contribution < -0.4 is 26.8 Å². The molecule has 0 aliphatic carbocycles. The van der Waals surface area contributed by atoms with Crippen molar-refractivity contribution in [1.82, 2.24) is 9.55 Å². The third kappa shape index (κ3) is 4.48. The first-order chi connectivity index (χ1) is 16.4. The van der Waals surface area contributed by atoms with Crippen LogP contribution in [-0.4, -0.2) is 28.5 Å². The van der Waals surface area contributed by atoms with Crippen molar-refractivity contribution >= 4 is 23.1 Å². The van der Waals surface area contributed by atoms with Crippen LogP contribution in [0.5, 0.6) is 0 Å². The number of benzene rings is 2. The molecule has 1 aliphatic heterocycles. The number of amides is 1. The molecule has 0 fully saturated rings. The number of rotatable bonds is 7. The molecule has 0 bridgehead atoms. The number of hydrogen-bond acceptors (Lipinski definition) is 5. The van der Waals surface area contributed by atoms with Gasteiger partial charge in [0.05, 0.1) is 0 Å². The molecule has 8 nitrogen and oxygen atoms in total. The maximum atomic E-state index is 13.4. The van der Waals surface area contributed by atoms with E-state index >= 15 is 0 Å². The lowest BCUT2D eigenvalue weighted by Crippen LogP contribution is -2.41. The van der Waals surface area contributed by atoms with Gasteiger partial charge in [0.25, 0.3) is 11.5 Å². The van der Waals surface area contributed by atoms with Gasteiger partial charge in [0.2, 0.25) is 0 Å². The first-order valence-electron chi connectivity index (χ1n) is 11.8. The molecule has 1 aromatic heterocycles. The van der Waals surface area contributed by atoms with Gasteiger partial charge in [-0.05, 0) is 55.2 Å². The highest BCUT2D eigenvalue weighted by Gasteiger charge is 2.24. The minimum absolute atomic E-state index is 0.0138.